The number of piperidine rings is 1. The van der Waals surface area contributed by atoms with Crippen LogP contribution in [0.3, 0.4) is 0 Å². The molecule has 0 bridgehead atoms. The third-order valence-electron chi connectivity index (χ3n) is 6.13. The molecule has 1 aromatic rings. The van der Waals surface area contributed by atoms with Gasteiger partial charge in [-0.2, -0.15) is 0 Å². The highest BCUT2D eigenvalue weighted by Gasteiger charge is 2.56. The quantitative estimate of drug-likeness (QED) is 0.760. The van der Waals surface area contributed by atoms with E-state index in [1.54, 1.807) is 4.90 Å². The number of imide groups is 1. The number of aryl methyl sites for hydroxylation is 1. The van der Waals surface area contributed by atoms with E-state index in [1.165, 1.54) is 4.90 Å². The van der Waals surface area contributed by atoms with Crippen LogP contribution in [0.15, 0.2) is 18.3 Å². The van der Waals surface area contributed by atoms with E-state index in [0.717, 1.165) is 19.3 Å². The van der Waals surface area contributed by atoms with Gasteiger partial charge >= 0.3 is 6.03 Å². The molecule has 1 spiro atoms. The van der Waals surface area contributed by atoms with Crippen molar-refractivity contribution in [1.29, 1.82) is 0 Å². The summed E-state index contributed by atoms with van der Waals surface area (Å²) in [6, 6.07) is 3.29. The van der Waals surface area contributed by atoms with Crippen molar-refractivity contribution in [1.82, 2.24) is 19.3 Å². The van der Waals surface area contributed by atoms with Crippen LogP contribution in [0.2, 0.25) is 0 Å². The molecule has 3 aliphatic rings. The first-order valence-electron chi connectivity index (χ1n) is 8.98. The van der Waals surface area contributed by atoms with E-state index in [9.17, 15) is 14.4 Å². The van der Waals surface area contributed by atoms with E-state index in [2.05, 4.69) is 0 Å². The van der Waals surface area contributed by atoms with Crippen LogP contribution in [-0.4, -0.2) is 69.3 Å². The van der Waals surface area contributed by atoms with E-state index in [-0.39, 0.29) is 29.3 Å². The standard InChI is InChI=1S/C18H24N4O3/c1-3-21-16(24)14-11-18(12-22(14)17(21)25)6-9-20(10-7-18)15(23)13-5-4-8-19(13)2/h4-5,8,14H,3,6-7,9-12H2,1-2H3. The van der Waals surface area contributed by atoms with Crippen LogP contribution < -0.4 is 0 Å². The van der Waals surface area contributed by atoms with E-state index in [4.69, 9.17) is 0 Å². The van der Waals surface area contributed by atoms with Crippen molar-refractivity contribution in [2.45, 2.75) is 32.2 Å². The Balaban J connectivity index is 1.43. The molecular formula is C18H24N4O3. The molecule has 4 rings (SSSR count). The maximum absolute atomic E-state index is 12.6. The summed E-state index contributed by atoms with van der Waals surface area (Å²) < 4.78 is 1.84. The normalized spacial score (nSPS) is 25.2. The molecule has 0 saturated carbocycles. The van der Waals surface area contributed by atoms with Crippen LogP contribution in [0.1, 0.15) is 36.7 Å². The first-order chi connectivity index (χ1) is 12.0. The van der Waals surface area contributed by atoms with Gasteiger partial charge in [0, 0.05) is 39.4 Å². The number of rotatable bonds is 2. The number of aromatic nitrogens is 1. The molecule has 3 saturated heterocycles. The smallest absolute Gasteiger partial charge is 0.327 e. The highest BCUT2D eigenvalue weighted by Crippen LogP contribution is 2.46. The van der Waals surface area contributed by atoms with Crippen molar-refractivity contribution < 1.29 is 14.4 Å². The van der Waals surface area contributed by atoms with Crippen molar-refractivity contribution in [2.24, 2.45) is 12.5 Å². The molecule has 3 fully saturated rings. The van der Waals surface area contributed by atoms with Gasteiger partial charge in [0.05, 0.1) is 0 Å². The summed E-state index contributed by atoms with van der Waals surface area (Å²) in [5, 5.41) is 0. The lowest BCUT2D eigenvalue weighted by molar-refractivity contribution is -0.128. The number of urea groups is 1. The van der Waals surface area contributed by atoms with Crippen LogP contribution in [0.4, 0.5) is 4.79 Å². The first-order valence-corrected chi connectivity index (χ1v) is 8.98. The van der Waals surface area contributed by atoms with E-state index in [1.807, 2.05) is 41.8 Å². The van der Waals surface area contributed by atoms with Crippen molar-refractivity contribution in [3.63, 3.8) is 0 Å². The Morgan fingerprint density at radius 3 is 2.56 bits per heavy atom. The number of hydrogen-bond donors (Lipinski definition) is 0. The molecule has 3 aliphatic heterocycles. The minimum Gasteiger partial charge on any atom is -0.347 e. The lowest BCUT2D eigenvalue weighted by atomic mass is 9.76. The topological polar surface area (TPSA) is 65.9 Å². The van der Waals surface area contributed by atoms with Crippen LogP contribution in [0, 0.1) is 5.41 Å². The number of fused-ring (bicyclic) bond motifs is 1. The van der Waals surface area contributed by atoms with Gasteiger partial charge in [0.2, 0.25) is 0 Å². The predicted octanol–water partition coefficient (Wildman–Crippen LogP) is 1.30. The third kappa shape index (κ3) is 2.36. The number of hydrogen-bond acceptors (Lipinski definition) is 3. The molecule has 4 heterocycles. The van der Waals surface area contributed by atoms with Crippen LogP contribution in [0.25, 0.3) is 0 Å². The van der Waals surface area contributed by atoms with E-state index < -0.39 is 0 Å². The maximum Gasteiger partial charge on any atom is 0.327 e. The number of amides is 4. The summed E-state index contributed by atoms with van der Waals surface area (Å²) in [6.45, 7) is 4.29. The molecule has 0 N–H and O–H groups in total. The monoisotopic (exact) mass is 344 g/mol. The number of nitrogens with zero attached hydrogens (tertiary/aromatic N) is 4. The SMILES string of the molecule is CCN1C(=O)C2CC3(CCN(C(=O)c4cccn4C)CC3)CN2C1=O. The third-order valence-corrected chi connectivity index (χ3v) is 6.13. The zero-order valence-electron chi connectivity index (χ0n) is 14.8. The average Bonchev–Trinajstić information content (AvgIpc) is 3.24. The second-order valence-electron chi connectivity index (χ2n) is 7.51. The summed E-state index contributed by atoms with van der Waals surface area (Å²) in [5.74, 6) is 0.0110. The lowest BCUT2D eigenvalue weighted by Crippen LogP contribution is -2.46. The molecule has 1 atom stereocenters. The van der Waals surface area contributed by atoms with Crippen LogP contribution in [0.5, 0.6) is 0 Å². The molecule has 7 heteroatoms. The number of carbonyl (C=O) groups is 3. The Morgan fingerprint density at radius 2 is 2.00 bits per heavy atom. The second kappa shape index (κ2) is 5.61. The minimum atomic E-state index is -0.289. The molecule has 1 unspecified atom stereocenters. The highest BCUT2D eigenvalue weighted by molar-refractivity contribution is 6.04. The molecule has 25 heavy (non-hydrogen) atoms. The maximum atomic E-state index is 12.6. The summed E-state index contributed by atoms with van der Waals surface area (Å²) in [7, 11) is 1.88. The molecule has 0 radical (unpaired) electrons. The summed E-state index contributed by atoms with van der Waals surface area (Å²) in [5.41, 5.74) is 0.688. The van der Waals surface area contributed by atoms with Gasteiger partial charge in [-0.25, -0.2) is 4.79 Å². The summed E-state index contributed by atoms with van der Waals surface area (Å²) in [6.07, 6.45) is 4.31. The van der Waals surface area contributed by atoms with Crippen molar-refractivity contribution >= 4 is 17.8 Å². The fourth-order valence-electron chi connectivity index (χ4n) is 4.59. The highest BCUT2D eigenvalue weighted by atomic mass is 16.2. The van der Waals surface area contributed by atoms with Gasteiger partial charge in [0.25, 0.3) is 11.8 Å². The Bertz CT molecular complexity index is 706. The van der Waals surface area contributed by atoms with Crippen molar-refractivity contribution in [3.05, 3.63) is 24.0 Å². The fraction of sp³-hybridized carbons (Fsp3) is 0.611. The Morgan fingerprint density at radius 1 is 1.28 bits per heavy atom. The van der Waals surface area contributed by atoms with Gasteiger partial charge in [0.15, 0.2) is 0 Å². The Labute approximate surface area is 147 Å². The predicted molar refractivity (Wildman–Crippen MR) is 90.9 cm³/mol. The van der Waals surface area contributed by atoms with E-state index >= 15 is 0 Å². The van der Waals surface area contributed by atoms with Crippen molar-refractivity contribution in [3.8, 4) is 0 Å². The lowest BCUT2D eigenvalue weighted by Gasteiger charge is -2.39. The largest absolute Gasteiger partial charge is 0.347 e. The molecule has 0 aliphatic carbocycles. The molecule has 7 nitrogen and oxygen atoms in total. The van der Waals surface area contributed by atoms with Gasteiger partial charge in [-0.3, -0.25) is 14.5 Å². The number of likely N-dealkylation sites (N-methyl/N-ethyl adjacent to an activating group) is 1. The number of likely N-dealkylation sites (tertiary alicyclic amines) is 1. The second-order valence-corrected chi connectivity index (χ2v) is 7.51. The fourth-order valence-corrected chi connectivity index (χ4v) is 4.59. The van der Waals surface area contributed by atoms with Gasteiger partial charge in [-0.05, 0) is 43.7 Å². The molecule has 4 amide bonds. The van der Waals surface area contributed by atoms with Gasteiger partial charge in [-0.15, -0.1) is 0 Å². The zero-order valence-corrected chi connectivity index (χ0v) is 14.8. The van der Waals surface area contributed by atoms with Crippen LogP contribution >= 0.6 is 0 Å². The summed E-state index contributed by atoms with van der Waals surface area (Å²) >= 11 is 0. The van der Waals surface area contributed by atoms with Gasteiger partial charge in [0.1, 0.15) is 11.7 Å². The Hall–Kier alpha value is -2.31. The summed E-state index contributed by atoms with van der Waals surface area (Å²) in [4.78, 5) is 42.4. The van der Waals surface area contributed by atoms with Crippen LogP contribution in [-0.2, 0) is 11.8 Å². The average molecular weight is 344 g/mol. The van der Waals surface area contributed by atoms with Gasteiger partial charge < -0.3 is 14.4 Å². The molecule has 0 aromatic carbocycles. The first kappa shape index (κ1) is 16.2. The minimum absolute atomic E-state index is 0.0131. The number of carbonyl (C=O) groups excluding carboxylic acids is 3. The van der Waals surface area contributed by atoms with Crippen molar-refractivity contribution in [2.75, 3.05) is 26.2 Å². The Kier molecular flexibility index (Phi) is 3.63. The molecule has 134 valence electrons. The van der Waals surface area contributed by atoms with E-state index in [0.29, 0.717) is 31.9 Å². The zero-order chi connectivity index (χ0) is 17.8. The molecule has 1 aromatic heterocycles. The molecular weight excluding hydrogens is 320 g/mol. The van der Waals surface area contributed by atoms with Gasteiger partial charge in [-0.1, -0.05) is 0 Å².